The largest absolute Gasteiger partial charge is 0.496 e. The molecular weight excluding hydrogens is 368 g/mol. The van der Waals surface area contributed by atoms with E-state index in [2.05, 4.69) is 34.4 Å². The zero-order valence-corrected chi connectivity index (χ0v) is 18.3. The zero-order valence-electron chi connectivity index (χ0n) is 18.3. The Balaban J connectivity index is 1.90. The van der Waals surface area contributed by atoms with Crippen LogP contribution in [0.2, 0.25) is 0 Å². The monoisotopic (exact) mass is 404 g/mol. The van der Waals surface area contributed by atoms with Crippen LogP contribution in [0.1, 0.15) is 55.5 Å². The SMILES string of the molecule is CCNC(=NCc1ccc(OC)c(C(=O)OC)c1)NCCCN1CCCCC1C. The van der Waals surface area contributed by atoms with Crippen molar-refractivity contribution >= 4 is 11.9 Å². The molecule has 1 aliphatic heterocycles. The standard InChI is InChI=1S/C22H36N4O3/c1-5-23-22(24-12-8-14-26-13-7-6-9-17(26)2)25-16-18-10-11-20(28-3)19(15-18)21(27)29-4/h10-11,15,17H,5-9,12-14,16H2,1-4H3,(H2,23,24,25). The number of piperidine rings is 1. The van der Waals surface area contributed by atoms with Gasteiger partial charge in [-0.3, -0.25) is 0 Å². The van der Waals surface area contributed by atoms with Crippen LogP contribution in [0.5, 0.6) is 5.75 Å². The number of ether oxygens (including phenoxy) is 2. The Morgan fingerprint density at radius 1 is 1.28 bits per heavy atom. The Morgan fingerprint density at radius 3 is 2.79 bits per heavy atom. The van der Waals surface area contributed by atoms with Crippen molar-refractivity contribution in [2.45, 2.75) is 52.1 Å². The number of benzene rings is 1. The lowest BCUT2D eigenvalue weighted by molar-refractivity contribution is 0.0597. The van der Waals surface area contributed by atoms with Crippen molar-refractivity contribution in [1.29, 1.82) is 0 Å². The number of rotatable bonds is 9. The third kappa shape index (κ3) is 7.24. The Labute approximate surface area is 174 Å². The van der Waals surface area contributed by atoms with Crippen LogP contribution in [0, 0.1) is 0 Å². The highest BCUT2D eigenvalue weighted by atomic mass is 16.5. The summed E-state index contributed by atoms with van der Waals surface area (Å²) in [6.07, 6.45) is 5.07. The number of hydrogen-bond acceptors (Lipinski definition) is 5. The predicted octanol–water partition coefficient (Wildman–Crippen LogP) is 2.80. The van der Waals surface area contributed by atoms with E-state index >= 15 is 0 Å². The summed E-state index contributed by atoms with van der Waals surface area (Å²) in [6, 6.07) is 6.16. The van der Waals surface area contributed by atoms with E-state index in [4.69, 9.17) is 9.47 Å². The van der Waals surface area contributed by atoms with Gasteiger partial charge < -0.3 is 25.0 Å². The number of methoxy groups -OCH3 is 2. The molecule has 1 fully saturated rings. The second kappa shape index (κ2) is 12.3. The molecule has 0 aromatic heterocycles. The number of nitrogens with zero attached hydrogens (tertiary/aromatic N) is 2. The van der Waals surface area contributed by atoms with Gasteiger partial charge in [0.05, 0.1) is 20.8 Å². The molecule has 0 saturated carbocycles. The van der Waals surface area contributed by atoms with E-state index in [1.165, 1.54) is 40.0 Å². The maximum atomic E-state index is 11.9. The number of carbonyl (C=O) groups excluding carboxylic acids is 1. The fourth-order valence-corrected chi connectivity index (χ4v) is 3.61. The first-order valence-electron chi connectivity index (χ1n) is 10.6. The van der Waals surface area contributed by atoms with Crippen molar-refractivity contribution in [2.24, 2.45) is 4.99 Å². The molecule has 0 amide bonds. The first-order valence-corrected chi connectivity index (χ1v) is 10.6. The fraction of sp³-hybridized carbons (Fsp3) is 0.636. The van der Waals surface area contributed by atoms with E-state index in [-0.39, 0.29) is 0 Å². The molecule has 0 aliphatic carbocycles. The summed E-state index contributed by atoms with van der Waals surface area (Å²) >= 11 is 0. The van der Waals surface area contributed by atoms with Crippen molar-refractivity contribution in [3.05, 3.63) is 29.3 Å². The number of likely N-dealkylation sites (tertiary alicyclic amines) is 1. The van der Waals surface area contributed by atoms with Gasteiger partial charge in [0.1, 0.15) is 11.3 Å². The first-order chi connectivity index (χ1) is 14.1. The van der Waals surface area contributed by atoms with Crippen molar-refractivity contribution < 1.29 is 14.3 Å². The van der Waals surface area contributed by atoms with Crippen LogP contribution >= 0.6 is 0 Å². The topological polar surface area (TPSA) is 75.2 Å². The number of hydrogen-bond donors (Lipinski definition) is 2. The summed E-state index contributed by atoms with van der Waals surface area (Å²) in [5, 5.41) is 6.69. The Kier molecular flexibility index (Phi) is 9.77. The molecule has 0 spiro atoms. The number of nitrogens with one attached hydrogen (secondary N) is 2. The van der Waals surface area contributed by atoms with Crippen LogP contribution in [0.3, 0.4) is 0 Å². The van der Waals surface area contributed by atoms with Gasteiger partial charge in [0.15, 0.2) is 5.96 Å². The summed E-state index contributed by atoms with van der Waals surface area (Å²) < 4.78 is 10.1. The lowest BCUT2D eigenvalue weighted by atomic mass is 10.0. The molecule has 2 rings (SSSR count). The van der Waals surface area contributed by atoms with Crippen molar-refractivity contribution in [1.82, 2.24) is 15.5 Å². The van der Waals surface area contributed by atoms with Gasteiger partial charge in [0.2, 0.25) is 0 Å². The smallest absolute Gasteiger partial charge is 0.341 e. The average Bonchev–Trinajstić information content (AvgIpc) is 2.75. The number of guanidine groups is 1. The van der Waals surface area contributed by atoms with Crippen molar-refractivity contribution in [3.8, 4) is 5.75 Å². The maximum absolute atomic E-state index is 11.9. The van der Waals surface area contributed by atoms with Crippen molar-refractivity contribution in [2.75, 3.05) is 40.4 Å². The van der Waals surface area contributed by atoms with E-state index in [9.17, 15) is 4.79 Å². The molecule has 1 aromatic rings. The van der Waals surface area contributed by atoms with E-state index in [1.54, 1.807) is 12.1 Å². The third-order valence-electron chi connectivity index (χ3n) is 5.29. The van der Waals surface area contributed by atoms with E-state index in [1.807, 2.05) is 6.07 Å². The second-order valence-electron chi connectivity index (χ2n) is 7.38. The average molecular weight is 405 g/mol. The Morgan fingerprint density at radius 2 is 2.10 bits per heavy atom. The van der Waals surface area contributed by atoms with Crippen molar-refractivity contribution in [3.63, 3.8) is 0 Å². The van der Waals surface area contributed by atoms with Gasteiger partial charge in [0, 0.05) is 25.7 Å². The highest BCUT2D eigenvalue weighted by molar-refractivity contribution is 5.92. The third-order valence-corrected chi connectivity index (χ3v) is 5.29. The van der Waals surface area contributed by atoms with Gasteiger partial charge in [-0.25, -0.2) is 9.79 Å². The molecule has 1 heterocycles. The second-order valence-corrected chi connectivity index (χ2v) is 7.38. The van der Waals surface area contributed by atoms with Gasteiger partial charge >= 0.3 is 5.97 Å². The number of carbonyl (C=O) groups is 1. The summed E-state index contributed by atoms with van der Waals surface area (Å²) in [5.74, 6) is 0.876. The van der Waals surface area contributed by atoms with Crippen LogP contribution in [0.25, 0.3) is 0 Å². The van der Waals surface area contributed by atoms with Crippen LogP contribution in [0.4, 0.5) is 0 Å². The summed E-state index contributed by atoms with van der Waals surface area (Å²) in [5.41, 5.74) is 1.34. The molecular formula is C22H36N4O3. The highest BCUT2D eigenvalue weighted by Gasteiger charge is 2.17. The van der Waals surface area contributed by atoms with E-state index in [0.717, 1.165) is 37.6 Å². The van der Waals surface area contributed by atoms with Crippen LogP contribution in [-0.4, -0.2) is 63.3 Å². The van der Waals surface area contributed by atoms with E-state index < -0.39 is 5.97 Å². The highest BCUT2D eigenvalue weighted by Crippen LogP contribution is 2.21. The molecule has 0 radical (unpaired) electrons. The summed E-state index contributed by atoms with van der Waals surface area (Å²) in [7, 11) is 2.90. The molecule has 1 saturated heterocycles. The minimum atomic E-state index is -0.412. The fourth-order valence-electron chi connectivity index (χ4n) is 3.61. The quantitative estimate of drug-likeness (QED) is 0.285. The molecule has 1 aromatic carbocycles. The predicted molar refractivity (Wildman–Crippen MR) is 117 cm³/mol. The summed E-state index contributed by atoms with van der Waals surface area (Å²) in [6.45, 7) is 8.86. The van der Waals surface area contributed by atoms with Gasteiger partial charge in [-0.2, -0.15) is 0 Å². The minimum Gasteiger partial charge on any atom is -0.496 e. The molecule has 7 heteroatoms. The summed E-state index contributed by atoms with van der Waals surface area (Å²) in [4.78, 5) is 19.2. The molecule has 2 N–H and O–H groups in total. The maximum Gasteiger partial charge on any atom is 0.341 e. The van der Waals surface area contributed by atoms with Crippen LogP contribution in [0.15, 0.2) is 23.2 Å². The number of aliphatic imine (C=N–C) groups is 1. The van der Waals surface area contributed by atoms with Gasteiger partial charge in [-0.05, 0) is 57.4 Å². The number of esters is 1. The van der Waals surface area contributed by atoms with E-state index in [0.29, 0.717) is 23.9 Å². The molecule has 29 heavy (non-hydrogen) atoms. The van der Waals surface area contributed by atoms with Gasteiger partial charge in [0.25, 0.3) is 0 Å². The van der Waals surface area contributed by atoms with Gasteiger partial charge in [-0.15, -0.1) is 0 Å². The molecule has 1 aliphatic rings. The lowest BCUT2D eigenvalue weighted by Gasteiger charge is -2.33. The molecule has 0 bridgehead atoms. The lowest BCUT2D eigenvalue weighted by Crippen LogP contribution is -2.41. The molecule has 7 nitrogen and oxygen atoms in total. The Hall–Kier alpha value is -2.28. The first kappa shape index (κ1) is 23.0. The Bertz CT molecular complexity index is 678. The molecule has 1 unspecified atom stereocenters. The minimum absolute atomic E-state index is 0.412. The molecule has 1 atom stereocenters. The zero-order chi connectivity index (χ0) is 21.1. The normalized spacial score (nSPS) is 17.7. The van der Waals surface area contributed by atoms with Gasteiger partial charge in [-0.1, -0.05) is 12.5 Å². The van der Waals surface area contributed by atoms with Crippen LogP contribution < -0.4 is 15.4 Å². The molecule has 162 valence electrons. The van der Waals surface area contributed by atoms with Crippen LogP contribution in [-0.2, 0) is 11.3 Å².